The molecule has 7 heteroatoms. The number of hydrogen-bond donors (Lipinski definition) is 1. The molecule has 0 spiro atoms. The number of phenols is 1. The zero-order chi connectivity index (χ0) is 14.7. The number of hydrogen-bond acceptors (Lipinski definition) is 5. The molecule has 1 aliphatic rings. The lowest BCUT2D eigenvalue weighted by Crippen LogP contribution is -2.53. The first-order valence-electron chi connectivity index (χ1n) is 5.99. The van der Waals surface area contributed by atoms with E-state index in [1.807, 2.05) is 0 Å². The lowest BCUT2D eigenvalue weighted by Gasteiger charge is -2.33. The topological polar surface area (TPSA) is 76.1 Å². The van der Waals surface area contributed by atoms with Crippen LogP contribution in [0.3, 0.4) is 0 Å². The van der Waals surface area contributed by atoms with Gasteiger partial charge < -0.3 is 19.5 Å². The Bertz CT molecular complexity index is 533. The summed E-state index contributed by atoms with van der Waals surface area (Å²) in [5.41, 5.74) is 0.0494. The molecule has 0 aromatic heterocycles. The van der Waals surface area contributed by atoms with E-state index in [-0.39, 0.29) is 24.5 Å². The van der Waals surface area contributed by atoms with Gasteiger partial charge in [-0.1, -0.05) is 11.6 Å². The van der Waals surface area contributed by atoms with Crippen molar-refractivity contribution >= 4 is 23.5 Å². The SMILES string of the molecule is COC(=O)C1COCCN1C(=O)c1cc(Cl)ccc1O. The Hall–Kier alpha value is -1.79. The zero-order valence-electron chi connectivity index (χ0n) is 10.8. The number of carbonyl (C=O) groups excluding carboxylic acids is 2. The van der Waals surface area contributed by atoms with Crippen LogP contribution in [-0.4, -0.2) is 54.8 Å². The summed E-state index contributed by atoms with van der Waals surface area (Å²) in [7, 11) is 1.25. The van der Waals surface area contributed by atoms with E-state index in [2.05, 4.69) is 4.74 Å². The standard InChI is InChI=1S/C13H14ClNO5/c1-19-13(18)10-7-20-5-4-15(10)12(17)9-6-8(14)2-3-11(9)16/h2-3,6,10,16H,4-5,7H2,1H3. The van der Waals surface area contributed by atoms with Crippen LogP contribution < -0.4 is 0 Å². The van der Waals surface area contributed by atoms with Crippen molar-refractivity contribution in [3.05, 3.63) is 28.8 Å². The van der Waals surface area contributed by atoms with E-state index >= 15 is 0 Å². The normalized spacial score (nSPS) is 18.7. The predicted octanol–water partition coefficient (Wildman–Crippen LogP) is 1.06. The van der Waals surface area contributed by atoms with Gasteiger partial charge in [0.25, 0.3) is 5.91 Å². The highest BCUT2D eigenvalue weighted by atomic mass is 35.5. The van der Waals surface area contributed by atoms with E-state index < -0.39 is 17.9 Å². The molecule has 108 valence electrons. The number of morpholine rings is 1. The second kappa shape index (κ2) is 6.11. The van der Waals surface area contributed by atoms with Crippen LogP contribution in [0.15, 0.2) is 18.2 Å². The molecule has 1 saturated heterocycles. The van der Waals surface area contributed by atoms with Gasteiger partial charge in [-0.05, 0) is 18.2 Å². The van der Waals surface area contributed by atoms with E-state index in [1.165, 1.54) is 30.2 Å². The van der Waals surface area contributed by atoms with Crippen LogP contribution in [0.2, 0.25) is 5.02 Å². The van der Waals surface area contributed by atoms with Gasteiger partial charge in [0.05, 0.1) is 25.9 Å². The van der Waals surface area contributed by atoms with Crippen LogP contribution in [0.1, 0.15) is 10.4 Å². The monoisotopic (exact) mass is 299 g/mol. The number of phenolic OH excluding ortho intramolecular Hbond substituents is 1. The summed E-state index contributed by atoms with van der Waals surface area (Å²) in [6.45, 7) is 0.630. The second-order valence-electron chi connectivity index (χ2n) is 4.27. The first-order valence-corrected chi connectivity index (χ1v) is 6.37. The molecule has 1 amide bonds. The second-order valence-corrected chi connectivity index (χ2v) is 4.71. The summed E-state index contributed by atoms with van der Waals surface area (Å²) in [5.74, 6) is -1.22. The first kappa shape index (κ1) is 14.6. The maximum Gasteiger partial charge on any atom is 0.331 e. The summed E-state index contributed by atoms with van der Waals surface area (Å²) in [5, 5.41) is 10.1. The van der Waals surface area contributed by atoms with Gasteiger partial charge in [-0.2, -0.15) is 0 Å². The number of nitrogens with zero attached hydrogens (tertiary/aromatic N) is 1. The minimum absolute atomic E-state index is 0.0494. The van der Waals surface area contributed by atoms with E-state index in [4.69, 9.17) is 16.3 Å². The van der Waals surface area contributed by atoms with Crippen LogP contribution in [-0.2, 0) is 14.3 Å². The maximum absolute atomic E-state index is 12.4. The zero-order valence-corrected chi connectivity index (χ0v) is 11.6. The molecule has 1 aromatic carbocycles. The molecule has 0 bridgehead atoms. The van der Waals surface area contributed by atoms with Crippen LogP contribution in [0.5, 0.6) is 5.75 Å². The predicted molar refractivity (Wildman–Crippen MR) is 70.8 cm³/mol. The number of benzene rings is 1. The average molecular weight is 300 g/mol. The minimum atomic E-state index is -0.820. The molecule has 1 unspecified atom stereocenters. The van der Waals surface area contributed by atoms with Crippen molar-refractivity contribution in [3.8, 4) is 5.75 Å². The highest BCUT2D eigenvalue weighted by molar-refractivity contribution is 6.31. The number of esters is 1. The van der Waals surface area contributed by atoms with Gasteiger partial charge in [-0.3, -0.25) is 4.79 Å². The molecule has 20 heavy (non-hydrogen) atoms. The van der Waals surface area contributed by atoms with Crippen LogP contribution in [0, 0.1) is 0 Å². The Kier molecular flexibility index (Phi) is 4.46. The van der Waals surface area contributed by atoms with Crippen LogP contribution >= 0.6 is 11.6 Å². The van der Waals surface area contributed by atoms with Gasteiger partial charge >= 0.3 is 5.97 Å². The van der Waals surface area contributed by atoms with Gasteiger partial charge in [-0.15, -0.1) is 0 Å². The Labute approximate surface area is 120 Å². The van der Waals surface area contributed by atoms with E-state index in [0.717, 1.165) is 0 Å². The van der Waals surface area contributed by atoms with E-state index in [9.17, 15) is 14.7 Å². The van der Waals surface area contributed by atoms with Gasteiger partial charge in [0.1, 0.15) is 5.75 Å². The highest BCUT2D eigenvalue weighted by Gasteiger charge is 2.35. The van der Waals surface area contributed by atoms with Crippen molar-refractivity contribution < 1.29 is 24.2 Å². The van der Waals surface area contributed by atoms with Crippen molar-refractivity contribution in [2.24, 2.45) is 0 Å². The largest absolute Gasteiger partial charge is 0.507 e. The number of carbonyl (C=O) groups is 2. The molecule has 0 aliphatic carbocycles. The summed E-state index contributed by atoms with van der Waals surface area (Å²) < 4.78 is 9.85. The smallest absolute Gasteiger partial charge is 0.331 e. The van der Waals surface area contributed by atoms with Crippen LogP contribution in [0.4, 0.5) is 0 Å². The fourth-order valence-corrected chi connectivity index (χ4v) is 2.18. The first-order chi connectivity index (χ1) is 9.54. The molecule has 1 fully saturated rings. The Balaban J connectivity index is 2.30. The van der Waals surface area contributed by atoms with Crippen molar-refractivity contribution in [2.75, 3.05) is 26.9 Å². The number of methoxy groups -OCH3 is 1. The molecule has 2 rings (SSSR count). The fourth-order valence-electron chi connectivity index (χ4n) is 2.01. The Morgan fingerprint density at radius 2 is 2.25 bits per heavy atom. The van der Waals surface area contributed by atoms with Crippen molar-refractivity contribution in [2.45, 2.75) is 6.04 Å². The summed E-state index contributed by atoms with van der Waals surface area (Å²) in [4.78, 5) is 25.4. The summed E-state index contributed by atoms with van der Waals surface area (Å²) in [6, 6.07) is 3.36. The van der Waals surface area contributed by atoms with Gasteiger partial charge in [0, 0.05) is 11.6 Å². The molecular formula is C13H14ClNO5. The average Bonchev–Trinajstić information content (AvgIpc) is 2.48. The molecular weight excluding hydrogens is 286 g/mol. The lowest BCUT2D eigenvalue weighted by atomic mass is 10.1. The number of amides is 1. The molecule has 1 heterocycles. The Morgan fingerprint density at radius 1 is 1.50 bits per heavy atom. The maximum atomic E-state index is 12.4. The lowest BCUT2D eigenvalue weighted by molar-refractivity contribution is -0.151. The number of ether oxygens (including phenoxy) is 2. The third kappa shape index (κ3) is 2.86. The van der Waals surface area contributed by atoms with Crippen LogP contribution in [0.25, 0.3) is 0 Å². The quantitative estimate of drug-likeness (QED) is 0.826. The summed E-state index contributed by atoms with van der Waals surface area (Å²) in [6.07, 6.45) is 0. The fraction of sp³-hybridized carbons (Fsp3) is 0.385. The van der Waals surface area contributed by atoms with E-state index in [0.29, 0.717) is 11.6 Å². The van der Waals surface area contributed by atoms with E-state index in [1.54, 1.807) is 0 Å². The van der Waals surface area contributed by atoms with Crippen molar-refractivity contribution in [1.82, 2.24) is 4.90 Å². The summed E-state index contributed by atoms with van der Waals surface area (Å²) >= 11 is 5.83. The van der Waals surface area contributed by atoms with Gasteiger partial charge in [0.2, 0.25) is 0 Å². The molecule has 1 aromatic rings. The molecule has 0 radical (unpaired) electrons. The Morgan fingerprint density at radius 3 is 2.95 bits per heavy atom. The minimum Gasteiger partial charge on any atom is -0.507 e. The van der Waals surface area contributed by atoms with Crippen molar-refractivity contribution in [1.29, 1.82) is 0 Å². The number of halogens is 1. The highest BCUT2D eigenvalue weighted by Crippen LogP contribution is 2.24. The molecule has 1 N–H and O–H groups in total. The molecule has 1 atom stereocenters. The van der Waals surface area contributed by atoms with Crippen molar-refractivity contribution in [3.63, 3.8) is 0 Å². The molecule has 1 aliphatic heterocycles. The number of rotatable bonds is 2. The third-order valence-corrected chi connectivity index (χ3v) is 3.29. The third-order valence-electron chi connectivity index (χ3n) is 3.05. The number of aromatic hydroxyl groups is 1. The van der Waals surface area contributed by atoms with Gasteiger partial charge in [-0.25, -0.2) is 4.79 Å². The molecule has 0 saturated carbocycles. The van der Waals surface area contributed by atoms with Gasteiger partial charge in [0.15, 0.2) is 6.04 Å². The molecule has 6 nitrogen and oxygen atoms in total.